The van der Waals surface area contributed by atoms with Gasteiger partial charge in [-0.05, 0) is 37.6 Å². The van der Waals surface area contributed by atoms with Gasteiger partial charge < -0.3 is 10.1 Å². The molecule has 8 nitrogen and oxygen atoms in total. The number of Topliss-reactive ketones (excluding diaryl/α,β-unsaturated/α-hetero) is 1. The Morgan fingerprint density at radius 1 is 1.21 bits per heavy atom. The fourth-order valence-corrected chi connectivity index (χ4v) is 4.45. The summed E-state index contributed by atoms with van der Waals surface area (Å²) < 4.78 is 33.9. The van der Waals surface area contributed by atoms with Crippen molar-refractivity contribution in [2.45, 2.75) is 25.3 Å². The predicted octanol–water partition coefficient (Wildman–Crippen LogP) is 1.14. The highest BCUT2D eigenvalue weighted by molar-refractivity contribution is 7.89. The lowest BCUT2D eigenvalue weighted by Gasteiger charge is -2.26. The molecule has 0 bridgehead atoms. The third-order valence-corrected chi connectivity index (χ3v) is 6.58. The first-order valence-corrected chi connectivity index (χ1v) is 10.7. The summed E-state index contributed by atoms with van der Waals surface area (Å²) >= 11 is 0. The minimum absolute atomic E-state index is 0.000994. The Labute approximate surface area is 170 Å². The van der Waals surface area contributed by atoms with Gasteiger partial charge in [-0.3, -0.25) is 9.59 Å². The second kappa shape index (κ2) is 8.81. The van der Waals surface area contributed by atoms with Crippen LogP contribution in [0.2, 0.25) is 0 Å². The average molecular weight is 418 g/mol. The summed E-state index contributed by atoms with van der Waals surface area (Å²) in [6, 6.07) is 8.08. The van der Waals surface area contributed by atoms with Crippen LogP contribution in [0, 0.1) is 6.92 Å². The number of aryl methyl sites for hydroxylation is 1. The van der Waals surface area contributed by atoms with Gasteiger partial charge in [0.1, 0.15) is 0 Å². The third kappa shape index (κ3) is 5.06. The number of benzene rings is 1. The van der Waals surface area contributed by atoms with Gasteiger partial charge in [-0.25, -0.2) is 8.42 Å². The summed E-state index contributed by atoms with van der Waals surface area (Å²) in [4.78, 5) is 24.1. The van der Waals surface area contributed by atoms with E-state index in [4.69, 9.17) is 4.74 Å². The first kappa shape index (κ1) is 21.1. The van der Waals surface area contributed by atoms with E-state index in [1.807, 2.05) is 0 Å². The molecule has 0 unspecified atom stereocenters. The minimum atomic E-state index is -3.65. The highest BCUT2D eigenvalue weighted by atomic mass is 32.2. The molecule has 1 aromatic heterocycles. The van der Waals surface area contributed by atoms with Gasteiger partial charge in [0.15, 0.2) is 18.2 Å². The topological polar surface area (TPSA) is 96.7 Å². The third-order valence-electron chi connectivity index (χ3n) is 4.68. The first-order valence-electron chi connectivity index (χ1n) is 9.26. The molecule has 0 aliphatic carbocycles. The Morgan fingerprint density at radius 2 is 1.93 bits per heavy atom. The number of carbonyl (C=O) groups excluding carboxylic acids is 2. The second-order valence-corrected chi connectivity index (χ2v) is 8.80. The summed E-state index contributed by atoms with van der Waals surface area (Å²) in [5.74, 6) is -0.406. The molecule has 1 N–H and O–H groups in total. The van der Waals surface area contributed by atoms with Crippen molar-refractivity contribution in [1.82, 2.24) is 4.31 Å². The number of hydrogen-bond donors (Lipinski definition) is 1. The molecule has 9 heteroatoms. The molecule has 3 rings (SSSR count). The fraction of sp³-hybridized carbons (Fsp3) is 0.350. The highest BCUT2D eigenvalue weighted by Crippen LogP contribution is 2.23. The Bertz CT molecular complexity index is 1030. The number of amides is 1. The maximum atomic E-state index is 12.9. The van der Waals surface area contributed by atoms with Crippen LogP contribution in [-0.4, -0.2) is 50.7 Å². The smallest absolute Gasteiger partial charge is 0.290 e. The number of morpholine rings is 1. The summed E-state index contributed by atoms with van der Waals surface area (Å²) in [5, 5.41) is 2.77. The molecule has 1 aromatic carbocycles. The molecular weight excluding hydrogens is 394 g/mol. The lowest BCUT2D eigenvalue weighted by molar-refractivity contribution is -0.684. The van der Waals surface area contributed by atoms with Crippen molar-refractivity contribution in [2.24, 2.45) is 0 Å². The zero-order valence-electron chi connectivity index (χ0n) is 16.4. The number of sulfonamides is 1. The summed E-state index contributed by atoms with van der Waals surface area (Å²) in [5.41, 5.74) is 1.70. The molecule has 0 saturated carbocycles. The molecule has 1 amide bonds. The van der Waals surface area contributed by atoms with Crippen LogP contribution in [0.15, 0.2) is 47.6 Å². The van der Waals surface area contributed by atoms with Crippen LogP contribution in [0.25, 0.3) is 0 Å². The van der Waals surface area contributed by atoms with Crippen LogP contribution in [0.5, 0.6) is 0 Å². The maximum Gasteiger partial charge on any atom is 0.290 e. The summed E-state index contributed by atoms with van der Waals surface area (Å²) in [7, 11) is -3.65. The molecule has 1 fully saturated rings. The van der Waals surface area contributed by atoms with Gasteiger partial charge in [0.05, 0.1) is 23.7 Å². The summed E-state index contributed by atoms with van der Waals surface area (Å²) in [6.07, 6.45) is 3.30. The molecule has 1 aliphatic rings. The van der Waals surface area contributed by atoms with Gasteiger partial charge >= 0.3 is 0 Å². The number of hydrogen-bond acceptors (Lipinski definition) is 5. The molecule has 29 heavy (non-hydrogen) atoms. The molecule has 1 aliphatic heterocycles. The van der Waals surface area contributed by atoms with Crippen molar-refractivity contribution in [3.05, 3.63) is 53.9 Å². The van der Waals surface area contributed by atoms with E-state index in [-0.39, 0.29) is 23.1 Å². The van der Waals surface area contributed by atoms with Crippen LogP contribution in [0.4, 0.5) is 5.69 Å². The van der Waals surface area contributed by atoms with Gasteiger partial charge in [0.2, 0.25) is 16.6 Å². The monoisotopic (exact) mass is 418 g/mol. The van der Waals surface area contributed by atoms with Crippen LogP contribution in [0.1, 0.15) is 22.8 Å². The Morgan fingerprint density at radius 3 is 2.62 bits per heavy atom. The van der Waals surface area contributed by atoms with Crippen molar-refractivity contribution >= 4 is 27.4 Å². The number of ketones is 1. The van der Waals surface area contributed by atoms with E-state index in [0.29, 0.717) is 37.6 Å². The van der Waals surface area contributed by atoms with E-state index >= 15 is 0 Å². The minimum Gasteiger partial charge on any atom is -0.379 e. The van der Waals surface area contributed by atoms with Crippen LogP contribution >= 0.6 is 0 Å². The Hall–Kier alpha value is -2.62. The van der Waals surface area contributed by atoms with Crippen molar-refractivity contribution in [1.29, 1.82) is 0 Å². The standard InChI is InChI=1S/C20H23N3O5S/c1-15-5-6-18(29(26,27)23-8-10-28-11-9-23)12-19(15)21-20(25)14-22-7-3-4-17(13-22)16(2)24/h3-7,12-13H,8-11,14H2,1-2H3/p+1. The normalized spacial score (nSPS) is 15.1. The molecule has 2 aromatic rings. The number of nitrogens with one attached hydrogen (secondary N) is 1. The van der Waals surface area contributed by atoms with E-state index in [1.54, 1.807) is 48.1 Å². The Balaban J connectivity index is 1.77. The first-order chi connectivity index (χ1) is 13.8. The van der Waals surface area contributed by atoms with E-state index < -0.39 is 10.0 Å². The van der Waals surface area contributed by atoms with E-state index in [0.717, 1.165) is 5.56 Å². The fourth-order valence-electron chi connectivity index (χ4n) is 3.02. The molecule has 0 spiro atoms. The van der Waals surface area contributed by atoms with Crippen molar-refractivity contribution in [3.8, 4) is 0 Å². The number of rotatable bonds is 6. The van der Waals surface area contributed by atoms with Crippen LogP contribution in [0.3, 0.4) is 0 Å². The number of anilines is 1. The maximum absolute atomic E-state index is 12.9. The molecule has 154 valence electrons. The molecule has 2 heterocycles. The van der Waals surface area contributed by atoms with E-state index in [9.17, 15) is 18.0 Å². The van der Waals surface area contributed by atoms with Gasteiger partial charge in [-0.1, -0.05) is 6.07 Å². The largest absolute Gasteiger partial charge is 0.379 e. The zero-order chi connectivity index (χ0) is 21.0. The predicted molar refractivity (Wildman–Crippen MR) is 106 cm³/mol. The van der Waals surface area contributed by atoms with Gasteiger partial charge in [-0.15, -0.1) is 0 Å². The second-order valence-electron chi connectivity index (χ2n) is 6.86. The van der Waals surface area contributed by atoms with E-state index in [1.165, 1.54) is 17.3 Å². The highest BCUT2D eigenvalue weighted by Gasteiger charge is 2.27. The number of aromatic nitrogens is 1. The lowest BCUT2D eigenvalue weighted by atomic mass is 10.2. The van der Waals surface area contributed by atoms with Gasteiger partial charge in [0, 0.05) is 24.8 Å². The molecular formula is C20H24N3O5S+. The number of pyridine rings is 1. The SMILES string of the molecule is CC(=O)c1ccc[n+](CC(=O)Nc2cc(S(=O)(=O)N3CCOCC3)ccc2C)c1. The number of nitrogens with zero attached hydrogens (tertiary/aromatic N) is 2. The quantitative estimate of drug-likeness (QED) is 0.561. The lowest BCUT2D eigenvalue weighted by Crippen LogP contribution is -2.41. The van der Waals surface area contributed by atoms with Crippen molar-refractivity contribution < 1.29 is 27.3 Å². The number of ether oxygens (including phenoxy) is 1. The summed E-state index contributed by atoms with van der Waals surface area (Å²) in [6.45, 7) is 4.60. The van der Waals surface area contributed by atoms with Crippen LogP contribution < -0.4 is 9.88 Å². The average Bonchev–Trinajstić information content (AvgIpc) is 2.70. The zero-order valence-corrected chi connectivity index (χ0v) is 17.2. The molecule has 0 radical (unpaired) electrons. The van der Waals surface area contributed by atoms with Crippen molar-refractivity contribution in [3.63, 3.8) is 0 Å². The molecule has 0 atom stereocenters. The van der Waals surface area contributed by atoms with Gasteiger partial charge in [-0.2, -0.15) is 8.87 Å². The molecule has 1 saturated heterocycles. The van der Waals surface area contributed by atoms with Crippen molar-refractivity contribution in [2.75, 3.05) is 31.6 Å². The van der Waals surface area contributed by atoms with Gasteiger partial charge in [0.25, 0.3) is 5.91 Å². The van der Waals surface area contributed by atoms with Crippen LogP contribution in [-0.2, 0) is 26.1 Å². The van der Waals surface area contributed by atoms with E-state index in [2.05, 4.69) is 5.32 Å². The Kier molecular flexibility index (Phi) is 6.41. The number of carbonyl (C=O) groups is 2.